The van der Waals surface area contributed by atoms with Crippen LogP contribution in [0.15, 0.2) is 36.5 Å². The molecule has 0 spiro atoms. The molecule has 0 bridgehead atoms. The van der Waals surface area contributed by atoms with Gasteiger partial charge in [0.25, 0.3) is 5.91 Å². The number of hydrogen-bond donors (Lipinski definition) is 0. The monoisotopic (exact) mass is 470 g/mol. The van der Waals surface area contributed by atoms with Crippen molar-refractivity contribution in [2.75, 3.05) is 7.05 Å². The Morgan fingerprint density at radius 3 is 2.41 bits per heavy atom. The highest BCUT2D eigenvalue weighted by atomic mass is 19.4. The van der Waals surface area contributed by atoms with Gasteiger partial charge in [0.15, 0.2) is 17.0 Å². The quantitative estimate of drug-likeness (QED) is 0.419. The van der Waals surface area contributed by atoms with E-state index in [1.54, 1.807) is 23.9 Å². The average molecular weight is 470 g/mol. The number of fused-ring (bicyclic) bond motifs is 1. The predicted molar refractivity (Wildman–Crippen MR) is 121 cm³/mol. The molecular weight excluding hydrogens is 445 g/mol. The van der Waals surface area contributed by atoms with Crippen LogP contribution in [0.5, 0.6) is 0 Å². The summed E-state index contributed by atoms with van der Waals surface area (Å²) in [4.78, 5) is 18.8. The number of carbonyl (C=O) groups excluding carboxylic acids is 1. The Morgan fingerprint density at radius 2 is 1.79 bits per heavy atom. The van der Waals surface area contributed by atoms with Crippen molar-refractivity contribution >= 4 is 11.6 Å². The van der Waals surface area contributed by atoms with Crippen LogP contribution in [0, 0.1) is 20.8 Å². The fourth-order valence-electron chi connectivity index (χ4n) is 3.73. The third kappa shape index (κ3) is 4.40. The van der Waals surface area contributed by atoms with Crippen LogP contribution in [0.4, 0.5) is 13.2 Å². The van der Waals surface area contributed by atoms with E-state index in [2.05, 4.69) is 15.2 Å². The van der Waals surface area contributed by atoms with Crippen molar-refractivity contribution in [3.63, 3.8) is 0 Å². The minimum atomic E-state index is -4.68. The van der Waals surface area contributed by atoms with Crippen LogP contribution in [0.1, 0.15) is 45.5 Å². The lowest BCUT2D eigenvalue weighted by molar-refractivity contribution is -0.142. The second-order valence-corrected chi connectivity index (χ2v) is 8.38. The summed E-state index contributed by atoms with van der Waals surface area (Å²) in [6.45, 7) is 8.57. The Hall–Kier alpha value is -3.69. The zero-order valence-electron chi connectivity index (χ0n) is 19.6. The van der Waals surface area contributed by atoms with Crippen molar-refractivity contribution in [1.82, 2.24) is 29.3 Å². The molecule has 0 aliphatic rings. The SMILES string of the molecule is CCn1cc(CN(C)C(=O)c2cc3nc(-c4ccc(C)c(C)c4)cc(C(F)(F)F)n3n2)c(C)n1. The molecule has 0 atom stereocenters. The second-order valence-electron chi connectivity index (χ2n) is 8.38. The van der Waals surface area contributed by atoms with E-state index in [1.807, 2.05) is 40.0 Å². The summed E-state index contributed by atoms with van der Waals surface area (Å²) in [5, 5.41) is 8.34. The molecule has 3 aromatic heterocycles. The van der Waals surface area contributed by atoms with Crippen molar-refractivity contribution in [1.29, 1.82) is 0 Å². The maximum atomic E-state index is 13.9. The van der Waals surface area contributed by atoms with Crippen LogP contribution in [0.2, 0.25) is 0 Å². The fraction of sp³-hybridized carbons (Fsp3) is 0.333. The highest BCUT2D eigenvalue weighted by Crippen LogP contribution is 2.33. The van der Waals surface area contributed by atoms with Crippen LogP contribution < -0.4 is 0 Å². The molecule has 34 heavy (non-hydrogen) atoms. The van der Waals surface area contributed by atoms with Crippen LogP contribution >= 0.6 is 0 Å². The van der Waals surface area contributed by atoms with E-state index in [1.165, 1.54) is 11.0 Å². The molecule has 1 amide bonds. The highest BCUT2D eigenvalue weighted by Gasteiger charge is 2.36. The van der Waals surface area contributed by atoms with Gasteiger partial charge >= 0.3 is 6.18 Å². The molecule has 10 heteroatoms. The number of amides is 1. The third-order valence-electron chi connectivity index (χ3n) is 5.87. The van der Waals surface area contributed by atoms with E-state index < -0.39 is 17.8 Å². The average Bonchev–Trinajstić information content (AvgIpc) is 3.36. The highest BCUT2D eigenvalue weighted by molar-refractivity contribution is 5.93. The van der Waals surface area contributed by atoms with E-state index in [9.17, 15) is 18.0 Å². The molecular formula is C24H25F3N6O. The van der Waals surface area contributed by atoms with Gasteiger partial charge in [-0.15, -0.1) is 0 Å². The van der Waals surface area contributed by atoms with Gasteiger partial charge < -0.3 is 4.90 Å². The molecule has 1 aromatic carbocycles. The molecule has 4 rings (SSSR count). The lowest BCUT2D eigenvalue weighted by atomic mass is 10.0. The van der Waals surface area contributed by atoms with Crippen LogP contribution in [0.25, 0.3) is 16.9 Å². The first kappa shape index (κ1) is 23.5. The third-order valence-corrected chi connectivity index (χ3v) is 5.87. The van der Waals surface area contributed by atoms with Crippen molar-refractivity contribution < 1.29 is 18.0 Å². The number of alkyl halides is 3. The van der Waals surface area contributed by atoms with Crippen molar-refractivity contribution in [3.05, 3.63) is 70.3 Å². The maximum Gasteiger partial charge on any atom is 0.433 e. The van der Waals surface area contributed by atoms with E-state index in [0.717, 1.165) is 28.5 Å². The van der Waals surface area contributed by atoms with Crippen molar-refractivity contribution in [2.45, 2.75) is 47.0 Å². The summed E-state index contributed by atoms with van der Waals surface area (Å²) >= 11 is 0. The number of aromatic nitrogens is 5. The van der Waals surface area contributed by atoms with E-state index in [0.29, 0.717) is 16.6 Å². The molecule has 0 aliphatic carbocycles. The van der Waals surface area contributed by atoms with Gasteiger partial charge in [0.2, 0.25) is 0 Å². The normalized spacial score (nSPS) is 11.9. The van der Waals surface area contributed by atoms with Crippen molar-refractivity contribution in [3.8, 4) is 11.3 Å². The van der Waals surface area contributed by atoms with Gasteiger partial charge in [-0.1, -0.05) is 12.1 Å². The summed E-state index contributed by atoms with van der Waals surface area (Å²) < 4.78 is 44.2. The molecule has 0 saturated heterocycles. The van der Waals surface area contributed by atoms with Gasteiger partial charge in [-0.25, -0.2) is 9.50 Å². The van der Waals surface area contributed by atoms with Crippen molar-refractivity contribution in [2.24, 2.45) is 0 Å². The largest absolute Gasteiger partial charge is 0.433 e. The van der Waals surface area contributed by atoms with Crippen LogP contribution in [0.3, 0.4) is 0 Å². The second kappa shape index (κ2) is 8.58. The van der Waals surface area contributed by atoms with Gasteiger partial charge in [0.05, 0.1) is 11.4 Å². The molecule has 0 fully saturated rings. The molecule has 0 N–H and O–H groups in total. The van der Waals surface area contributed by atoms with Crippen LogP contribution in [-0.4, -0.2) is 42.2 Å². The molecule has 7 nitrogen and oxygen atoms in total. The molecule has 3 heterocycles. The number of nitrogens with zero attached hydrogens (tertiary/aromatic N) is 6. The summed E-state index contributed by atoms with van der Waals surface area (Å²) in [7, 11) is 1.58. The summed E-state index contributed by atoms with van der Waals surface area (Å²) in [6, 6.07) is 7.62. The minimum absolute atomic E-state index is 0.0465. The number of benzene rings is 1. The Kier molecular flexibility index (Phi) is 5.93. The fourth-order valence-corrected chi connectivity index (χ4v) is 3.73. The van der Waals surface area contributed by atoms with Gasteiger partial charge in [-0.3, -0.25) is 9.48 Å². The first-order valence-corrected chi connectivity index (χ1v) is 10.8. The zero-order chi connectivity index (χ0) is 24.8. The number of hydrogen-bond acceptors (Lipinski definition) is 4. The van der Waals surface area contributed by atoms with E-state index in [-0.39, 0.29) is 23.6 Å². The van der Waals surface area contributed by atoms with Gasteiger partial charge in [-0.2, -0.15) is 23.4 Å². The Morgan fingerprint density at radius 1 is 1.06 bits per heavy atom. The predicted octanol–water partition coefficient (Wildman–Crippen LogP) is 4.83. The van der Waals surface area contributed by atoms with Crippen LogP contribution in [-0.2, 0) is 19.3 Å². The number of carbonyl (C=O) groups is 1. The Bertz CT molecular complexity index is 1390. The molecule has 0 unspecified atom stereocenters. The molecule has 0 radical (unpaired) electrons. The Labute approximate surface area is 194 Å². The number of halogens is 3. The summed E-state index contributed by atoms with van der Waals surface area (Å²) in [5.41, 5.74) is 3.19. The molecule has 0 aliphatic heterocycles. The number of rotatable bonds is 5. The first-order chi connectivity index (χ1) is 16.0. The minimum Gasteiger partial charge on any atom is -0.336 e. The molecule has 178 valence electrons. The smallest absolute Gasteiger partial charge is 0.336 e. The summed E-state index contributed by atoms with van der Waals surface area (Å²) in [6.07, 6.45) is -2.83. The van der Waals surface area contributed by atoms with Gasteiger partial charge in [0, 0.05) is 43.5 Å². The first-order valence-electron chi connectivity index (χ1n) is 10.8. The lowest BCUT2D eigenvalue weighted by Gasteiger charge is -2.15. The van der Waals surface area contributed by atoms with E-state index in [4.69, 9.17) is 0 Å². The topological polar surface area (TPSA) is 68.3 Å². The standard InChI is InChI=1S/C24H25F3N6O/c1-6-32-13-18(16(4)29-32)12-31(5)23(34)20-11-22-28-19(17-8-7-14(2)15(3)9-17)10-21(24(25,26)27)33(22)30-20/h7-11,13H,6,12H2,1-5H3. The molecule has 4 aromatic rings. The lowest BCUT2D eigenvalue weighted by Crippen LogP contribution is -2.27. The van der Waals surface area contributed by atoms with Gasteiger partial charge in [0.1, 0.15) is 0 Å². The summed E-state index contributed by atoms with van der Waals surface area (Å²) in [5.74, 6) is -0.505. The Balaban J connectivity index is 1.73. The molecule has 0 saturated carbocycles. The van der Waals surface area contributed by atoms with Gasteiger partial charge in [-0.05, 0) is 51.0 Å². The maximum absolute atomic E-state index is 13.9. The zero-order valence-corrected chi connectivity index (χ0v) is 19.6. The van der Waals surface area contributed by atoms with E-state index >= 15 is 0 Å². The number of aryl methyl sites for hydroxylation is 4.